The molecular formula is C21H23N3O2S. The van der Waals surface area contributed by atoms with E-state index < -0.39 is 0 Å². The highest BCUT2D eigenvalue weighted by molar-refractivity contribution is 7.20. The summed E-state index contributed by atoms with van der Waals surface area (Å²) in [6.45, 7) is 6.48. The number of fused-ring (bicyclic) bond motifs is 1. The zero-order valence-corrected chi connectivity index (χ0v) is 16.7. The van der Waals surface area contributed by atoms with Crippen molar-refractivity contribution in [2.45, 2.75) is 13.8 Å². The Balaban J connectivity index is 0.00000102. The van der Waals surface area contributed by atoms with E-state index in [0.717, 1.165) is 26.2 Å². The first-order valence-electron chi connectivity index (χ1n) is 9.15. The second kappa shape index (κ2) is 8.38. The molecule has 27 heavy (non-hydrogen) atoms. The molecule has 5 nitrogen and oxygen atoms in total. The lowest BCUT2D eigenvalue weighted by Gasteiger charge is -2.26. The molecule has 0 aliphatic carbocycles. The summed E-state index contributed by atoms with van der Waals surface area (Å²) in [6.07, 6.45) is 0. The molecule has 4 rings (SSSR count). The van der Waals surface area contributed by atoms with Gasteiger partial charge >= 0.3 is 0 Å². The fourth-order valence-electron chi connectivity index (χ4n) is 3.21. The molecule has 0 N–H and O–H groups in total. The van der Waals surface area contributed by atoms with Crippen molar-refractivity contribution in [2.75, 3.05) is 26.3 Å². The Morgan fingerprint density at radius 3 is 2.59 bits per heavy atom. The minimum atomic E-state index is 0.0695. The lowest BCUT2D eigenvalue weighted by Crippen LogP contribution is -2.40. The Labute approximate surface area is 163 Å². The van der Waals surface area contributed by atoms with E-state index in [9.17, 15) is 10.1 Å². The topological polar surface area (TPSA) is 58.3 Å². The van der Waals surface area contributed by atoms with Crippen LogP contribution in [-0.2, 0) is 11.8 Å². The maximum absolute atomic E-state index is 12.8. The summed E-state index contributed by atoms with van der Waals surface area (Å²) < 4.78 is 8.29. The fraction of sp³-hybridized carbons (Fsp3) is 0.333. The molecule has 1 aliphatic heterocycles. The first-order valence-corrected chi connectivity index (χ1v) is 9.96. The van der Waals surface area contributed by atoms with Crippen LogP contribution >= 0.6 is 11.3 Å². The number of carbonyl (C=O) groups is 1. The van der Waals surface area contributed by atoms with Gasteiger partial charge in [0.15, 0.2) is 0 Å². The number of aromatic nitrogens is 1. The number of benzene rings is 1. The first-order chi connectivity index (χ1) is 13.2. The number of morpholine rings is 1. The second-order valence-electron chi connectivity index (χ2n) is 6.01. The third kappa shape index (κ3) is 3.61. The van der Waals surface area contributed by atoms with Crippen LogP contribution in [0.4, 0.5) is 0 Å². The third-order valence-electron chi connectivity index (χ3n) is 4.58. The highest BCUT2D eigenvalue weighted by Crippen LogP contribution is 2.35. The summed E-state index contributed by atoms with van der Waals surface area (Å²) in [5.74, 6) is 0.0695. The van der Waals surface area contributed by atoms with E-state index in [2.05, 4.69) is 6.07 Å². The molecule has 0 unspecified atom stereocenters. The molecule has 2 aromatic heterocycles. The molecule has 1 aromatic carbocycles. The van der Waals surface area contributed by atoms with Crippen LogP contribution in [0.5, 0.6) is 0 Å². The first kappa shape index (κ1) is 19.2. The van der Waals surface area contributed by atoms with Gasteiger partial charge in [-0.1, -0.05) is 26.0 Å². The molecule has 0 bridgehead atoms. The van der Waals surface area contributed by atoms with Gasteiger partial charge in [0.2, 0.25) is 0 Å². The molecule has 0 radical (unpaired) electrons. The van der Waals surface area contributed by atoms with Gasteiger partial charge in [0.25, 0.3) is 5.91 Å². The molecule has 3 aromatic rings. The number of hydrogen-bond acceptors (Lipinski definition) is 4. The van der Waals surface area contributed by atoms with Gasteiger partial charge in [-0.25, -0.2) is 0 Å². The molecule has 0 atom stereocenters. The van der Waals surface area contributed by atoms with Gasteiger partial charge in [0.1, 0.15) is 11.8 Å². The summed E-state index contributed by atoms with van der Waals surface area (Å²) in [4.78, 5) is 15.4. The van der Waals surface area contributed by atoms with E-state index in [1.807, 2.05) is 66.8 Å². The number of ether oxygens (including phenoxy) is 1. The summed E-state index contributed by atoms with van der Waals surface area (Å²) in [5.41, 5.74) is 2.64. The molecule has 0 saturated carbocycles. The molecule has 0 spiro atoms. The van der Waals surface area contributed by atoms with Crippen LogP contribution in [0.15, 0.2) is 36.4 Å². The predicted octanol–water partition coefficient (Wildman–Crippen LogP) is 4.28. The molecular weight excluding hydrogens is 358 g/mol. The standard InChI is InChI=1S/C19H17N3O2S.C2H6/c1-21-13(12-20)5-6-16(21)14-3-2-4-17-15(14)11-18(25-17)19(23)22-7-9-24-10-8-22;1-2/h2-6,11H,7-10H2,1H3;1-2H3. The van der Waals surface area contributed by atoms with Gasteiger partial charge in [0, 0.05) is 41.5 Å². The van der Waals surface area contributed by atoms with Crippen molar-refractivity contribution in [3.63, 3.8) is 0 Å². The van der Waals surface area contributed by atoms with E-state index in [1.54, 1.807) is 0 Å². The van der Waals surface area contributed by atoms with E-state index in [1.165, 1.54) is 11.3 Å². The van der Waals surface area contributed by atoms with Gasteiger partial charge < -0.3 is 14.2 Å². The van der Waals surface area contributed by atoms with E-state index in [-0.39, 0.29) is 5.91 Å². The van der Waals surface area contributed by atoms with Gasteiger partial charge in [0.05, 0.1) is 18.1 Å². The lowest BCUT2D eigenvalue weighted by molar-refractivity contribution is 0.0306. The molecule has 1 fully saturated rings. The molecule has 1 amide bonds. The van der Waals surface area contributed by atoms with Crippen molar-refractivity contribution in [3.05, 3.63) is 47.0 Å². The molecule has 140 valence electrons. The number of nitrogens with zero attached hydrogens (tertiary/aromatic N) is 3. The highest BCUT2D eigenvalue weighted by Gasteiger charge is 2.21. The van der Waals surface area contributed by atoms with E-state index in [4.69, 9.17) is 4.74 Å². The van der Waals surface area contributed by atoms with Crippen molar-refractivity contribution in [1.82, 2.24) is 9.47 Å². The monoisotopic (exact) mass is 381 g/mol. The number of carbonyl (C=O) groups excluding carboxylic acids is 1. The van der Waals surface area contributed by atoms with Crippen LogP contribution < -0.4 is 0 Å². The van der Waals surface area contributed by atoms with Crippen molar-refractivity contribution < 1.29 is 9.53 Å². The van der Waals surface area contributed by atoms with Gasteiger partial charge in [-0.3, -0.25) is 4.79 Å². The molecule has 1 saturated heterocycles. The summed E-state index contributed by atoms with van der Waals surface area (Å²) in [7, 11) is 1.89. The molecule has 6 heteroatoms. The average molecular weight is 382 g/mol. The summed E-state index contributed by atoms with van der Waals surface area (Å²) in [6, 6.07) is 14.0. The number of rotatable bonds is 2. The minimum absolute atomic E-state index is 0.0695. The number of nitriles is 1. The summed E-state index contributed by atoms with van der Waals surface area (Å²) >= 11 is 1.52. The SMILES string of the molecule is CC.Cn1c(C#N)ccc1-c1cccc2sc(C(=O)N3CCOCC3)cc12. The number of hydrogen-bond donors (Lipinski definition) is 0. The maximum Gasteiger partial charge on any atom is 0.264 e. The Kier molecular flexibility index (Phi) is 5.94. The average Bonchev–Trinajstić information content (AvgIpc) is 3.32. The van der Waals surface area contributed by atoms with Crippen LogP contribution in [0, 0.1) is 11.3 Å². The zero-order chi connectivity index (χ0) is 19.4. The maximum atomic E-state index is 12.8. The lowest BCUT2D eigenvalue weighted by atomic mass is 10.1. The van der Waals surface area contributed by atoms with Crippen LogP contribution in [-0.4, -0.2) is 41.7 Å². The Morgan fingerprint density at radius 1 is 1.19 bits per heavy atom. The van der Waals surface area contributed by atoms with Gasteiger partial charge in [-0.2, -0.15) is 5.26 Å². The van der Waals surface area contributed by atoms with Gasteiger partial charge in [-0.05, 0) is 24.3 Å². The number of thiophene rings is 1. The van der Waals surface area contributed by atoms with Crippen molar-refractivity contribution in [2.24, 2.45) is 7.05 Å². The van der Waals surface area contributed by atoms with Crippen LogP contribution in [0.1, 0.15) is 29.2 Å². The summed E-state index contributed by atoms with van der Waals surface area (Å²) in [5, 5.41) is 10.2. The Bertz CT molecular complexity index is 991. The van der Waals surface area contributed by atoms with Crippen LogP contribution in [0.2, 0.25) is 0 Å². The Hall–Kier alpha value is -2.62. The van der Waals surface area contributed by atoms with Gasteiger partial charge in [-0.15, -0.1) is 11.3 Å². The predicted molar refractivity (Wildman–Crippen MR) is 109 cm³/mol. The van der Waals surface area contributed by atoms with Crippen LogP contribution in [0.3, 0.4) is 0 Å². The van der Waals surface area contributed by atoms with E-state index in [0.29, 0.717) is 32.0 Å². The third-order valence-corrected chi connectivity index (χ3v) is 5.67. The normalized spacial score (nSPS) is 13.8. The van der Waals surface area contributed by atoms with Crippen molar-refractivity contribution in [3.8, 4) is 17.3 Å². The quantitative estimate of drug-likeness (QED) is 0.666. The highest BCUT2D eigenvalue weighted by atomic mass is 32.1. The van der Waals surface area contributed by atoms with Crippen LogP contribution in [0.25, 0.3) is 21.3 Å². The molecule has 1 aliphatic rings. The number of amides is 1. The minimum Gasteiger partial charge on any atom is -0.378 e. The smallest absolute Gasteiger partial charge is 0.264 e. The van der Waals surface area contributed by atoms with E-state index >= 15 is 0 Å². The second-order valence-corrected chi connectivity index (χ2v) is 7.09. The molecule has 3 heterocycles. The van der Waals surface area contributed by atoms with Crippen molar-refractivity contribution in [1.29, 1.82) is 5.26 Å². The largest absolute Gasteiger partial charge is 0.378 e. The van der Waals surface area contributed by atoms with Crippen molar-refractivity contribution >= 4 is 27.3 Å². The fourth-order valence-corrected chi connectivity index (χ4v) is 4.26. The zero-order valence-electron chi connectivity index (χ0n) is 15.9. The Morgan fingerprint density at radius 2 is 1.93 bits per heavy atom.